The van der Waals surface area contributed by atoms with Crippen molar-refractivity contribution < 1.29 is 19.2 Å². The summed E-state index contributed by atoms with van der Waals surface area (Å²) in [6.07, 6.45) is 6.44. The zero-order valence-corrected chi connectivity index (χ0v) is 18.3. The lowest BCUT2D eigenvalue weighted by Crippen LogP contribution is -2.53. The highest BCUT2D eigenvalue weighted by molar-refractivity contribution is 6.08. The van der Waals surface area contributed by atoms with Crippen molar-refractivity contribution in [1.29, 1.82) is 0 Å². The zero-order valence-electron chi connectivity index (χ0n) is 18.3. The van der Waals surface area contributed by atoms with Gasteiger partial charge in [-0.1, -0.05) is 30.4 Å². The van der Waals surface area contributed by atoms with Gasteiger partial charge in [0.15, 0.2) is 0 Å². The molecule has 0 radical (unpaired) electrons. The van der Waals surface area contributed by atoms with Crippen LogP contribution in [0.2, 0.25) is 0 Å². The van der Waals surface area contributed by atoms with Crippen LogP contribution in [-0.4, -0.2) is 65.1 Å². The van der Waals surface area contributed by atoms with E-state index in [0.29, 0.717) is 45.3 Å². The standard InChI is InChI=1S/C24H30N4O4/c1-16(28-23(31)19-9-5-6-10-20(19)24(28)32)22(30)26-18-11-13-27(14-12-18)15-21(29)25-17-7-3-2-4-8-17/h2-8,16,18-20H,9-15H2,1H3,(H,25,29)(H,26,30). The average Bonchev–Trinajstić information content (AvgIpc) is 3.05. The molecule has 3 aliphatic rings. The fraction of sp³-hybridized carbons (Fsp3) is 0.500. The molecule has 3 unspecified atom stereocenters. The Morgan fingerprint density at radius 3 is 2.19 bits per heavy atom. The molecule has 2 saturated heterocycles. The van der Waals surface area contributed by atoms with E-state index in [1.54, 1.807) is 6.92 Å². The van der Waals surface area contributed by atoms with E-state index >= 15 is 0 Å². The maximum Gasteiger partial charge on any atom is 0.243 e. The van der Waals surface area contributed by atoms with Crippen LogP contribution in [0, 0.1) is 11.8 Å². The molecule has 0 spiro atoms. The van der Waals surface area contributed by atoms with Gasteiger partial charge in [0.05, 0.1) is 18.4 Å². The van der Waals surface area contributed by atoms with Gasteiger partial charge in [-0.2, -0.15) is 0 Å². The van der Waals surface area contributed by atoms with Crippen LogP contribution in [0.3, 0.4) is 0 Å². The number of anilines is 1. The monoisotopic (exact) mass is 438 g/mol. The summed E-state index contributed by atoms with van der Waals surface area (Å²) in [6, 6.07) is 8.50. The van der Waals surface area contributed by atoms with Crippen molar-refractivity contribution >= 4 is 29.3 Å². The van der Waals surface area contributed by atoms with Crippen LogP contribution in [0.15, 0.2) is 42.5 Å². The number of rotatable bonds is 6. The average molecular weight is 439 g/mol. The van der Waals surface area contributed by atoms with Gasteiger partial charge in [-0.05, 0) is 44.7 Å². The van der Waals surface area contributed by atoms with Crippen molar-refractivity contribution in [3.8, 4) is 0 Å². The number of carbonyl (C=O) groups excluding carboxylic acids is 4. The van der Waals surface area contributed by atoms with Crippen LogP contribution in [0.5, 0.6) is 0 Å². The number of carbonyl (C=O) groups is 4. The Bertz CT molecular complexity index is 882. The molecule has 0 saturated carbocycles. The molecule has 4 rings (SSSR count). The number of nitrogens with one attached hydrogen (secondary N) is 2. The van der Waals surface area contributed by atoms with Crippen LogP contribution in [-0.2, 0) is 19.2 Å². The number of hydrogen-bond acceptors (Lipinski definition) is 5. The lowest BCUT2D eigenvalue weighted by atomic mass is 9.85. The molecule has 170 valence electrons. The number of hydrogen-bond donors (Lipinski definition) is 2. The fourth-order valence-corrected chi connectivity index (χ4v) is 4.81. The summed E-state index contributed by atoms with van der Waals surface area (Å²) in [6.45, 7) is 3.32. The first-order valence-corrected chi connectivity index (χ1v) is 11.3. The largest absolute Gasteiger partial charge is 0.351 e. The van der Waals surface area contributed by atoms with Crippen LogP contribution in [0.25, 0.3) is 0 Å². The van der Waals surface area contributed by atoms with Gasteiger partial charge in [0.1, 0.15) is 6.04 Å². The highest BCUT2D eigenvalue weighted by Crippen LogP contribution is 2.36. The number of imide groups is 1. The van der Waals surface area contributed by atoms with Gasteiger partial charge >= 0.3 is 0 Å². The summed E-state index contributed by atoms with van der Waals surface area (Å²) in [7, 11) is 0. The van der Waals surface area contributed by atoms with Gasteiger partial charge < -0.3 is 10.6 Å². The molecule has 32 heavy (non-hydrogen) atoms. The Morgan fingerprint density at radius 2 is 1.59 bits per heavy atom. The number of likely N-dealkylation sites (tertiary alicyclic amines) is 2. The molecule has 1 aromatic rings. The van der Waals surface area contributed by atoms with E-state index in [0.717, 1.165) is 5.69 Å². The molecule has 2 heterocycles. The fourth-order valence-electron chi connectivity index (χ4n) is 4.81. The molecule has 0 bridgehead atoms. The second-order valence-electron chi connectivity index (χ2n) is 8.85. The summed E-state index contributed by atoms with van der Waals surface area (Å²) in [5.74, 6) is -1.47. The lowest BCUT2D eigenvalue weighted by Gasteiger charge is -2.33. The quantitative estimate of drug-likeness (QED) is 0.519. The van der Waals surface area contributed by atoms with E-state index in [-0.39, 0.29) is 41.5 Å². The minimum atomic E-state index is -0.810. The van der Waals surface area contributed by atoms with Crippen LogP contribution < -0.4 is 10.6 Å². The summed E-state index contributed by atoms with van der Waals surface area (Å²) in [5, 5.41) is 5.89. The molecule has 0 aromatic heterocycles. The molecule has 4 amide bonds. The van der Waals surface area contributed by atoms with Gasteiger partial charge in [-0.3, -0.25) is 29.0 Å². The van der Waals surface area contributed by atoms with Crippen molar-refractivity contribution in [1.82, 2.24) is 15.1 Å². The highest BCUT2D eigenvalue weighted by atomic mass is 16.2. The van der Waals surface area contributed by atoms with Gasteiger partial charge in [0.25, 0.3) is 0 Å². The molecule has 3 atom stereocenters. The third-order valence-corrected chi connectivity index (χ3v) is 6.67. The summed E-state index contributed by atoms with van der Waals surface area (Å²) in [4.78, 5) is 53.7. The molecule has 8 nitrogen and oxygen atoms in total. The number of piperidine rings is 1. The number of allylic oxidation sites excluding steroid dienone is 2. The van der Waals surface area contributed by atoms with E-state index in [1.807, 2.05) is 42.5 Å². The third kappa shape index (κ3) is 4.75. The molecule has 2 N–H and O–H groups in total. The number of amides is 4. The molecule has 1 aromatic carbocycles. The van der Waals surface area contributed by atoms with Gasteiger partial charge in [-0.25, -0.2) is 0 Å². The normalized spacial score (nSPS) is 24.8. The predicted molar refractivity (Wildman–Crippen MR) is 119 cm³/mol. The van der Waals surface area contributed by atoms with Crippen molar-refractivity contribution in [3.05, 3.63) is 42.5 Å². The number of benzene rings is 1. The molecule has 8 heteroatoms. The summed E-state index contributed by atoms with van der Waals surface area (Å²) >= 11 is 0. The number of fused-ring (bicyclic) bond motifs is 1. The highest BCUT2D eigenvalue weighted by Gasteiger charge is 2.50. The van der Waals surface area contributed by atoms with Gasteiger partial charge in [0.2, 0.25) is 23.6 Å². The van der Waals surface area contributed by atoms with E-state index in [9.17, 15) is 19.2 Å². The molecule has 2 fully saturated rings. The SMILES string of the molecule is CC(C(=O)NC1CCN(CC(=O)Nc2ccccc2)CC1)N1C(=O)C2CC=CCC2C1=O. The van der Waals surface area contributed by atoms with Crippen molar-refractivity contribution in [2.75, 3.05) is 25.0 Å². The maximum atomic E-state index is 12.8. The first kappa shape index (κ1) is 22.2. The van der Waals surface area contributed by atoms with E-state index in [1.165, 1.54) is 4.90 Å². The minimum absolute atomic E-state index is 0.0323. The number of para-hydroxylation sites is 1. The molecular weight excluding hydrogens is 408 g/mol. The minimum Gasteiger partial charge on any atom is -0.351 e. The second-order valence-corrected chi connectivity index (χ2v) is 8.85. The van der Waals surface area contributed by atoms with Gasteiger partial charge in [-0.15, -0.1) is 0 Å². The first-order valence-electron chi connectivity index (χ1n) is 11.3. The zero-order chi connectivity index (χ0) is 22.7. The molecule has 1 aliphatic carbocycles. The van der Waals surface area contributed by atoms with E-state index in [2.05, 4.69) is 15.5 Å². The summed E-state index contributed by atoms with van der Waals surface area (Å²) < 4.78 is 0. The summed E-state index contributed by atoms with van der Waals surface area (Å²) in [5.41, 5.74) is 0.773. The van der Waals surface area contributed by atoms with Crippen LogP contribution >= 0.6 is 0 Å². The van der Waals surface area contributed by atoms with E-state index < -0.39 is 6.04 Å². The second kappa shape index (κ2) is 9.65. The smallest absolute Gasteiger partial charge is 0.243 e. The Balaban J connectivity index is 1.23. The van der Waals surface area contributed by atoms with Gasteiger partial charge in [0, 0.05) is 24.8 Å². The Kier molecular flexibility index (Phi) is 6.69. The lowest BCUT2D eigenvalue weighted by molar-refractivity contribution is -0.147. The Hall–Kier alpha value is -3.00. The topological polar surface area (TPSA) is 98.8 Å². The van der Waals surface area contributed by atoms with E-state index in [4.69, 9.17) is 0 Å². The van der Waals surface area contributed by atoms with Crippen molar-refractivity contribution in [3.63, 3.8) is 0 Å². The Labute approximate surface area is 188 Å². The third-order valence-electron chi connectivity index (χ3n) is 6.67. The number of nitrogens with zero attached hydrogens (tertiary/aromatic N) is 2. The maximum absolute atomic E-state index is 12.8. The Morgan fingerprint density at radius 1 is 1.00 bits per heavy atom. The molecular formula is C24H30N4O4. The van der Waals surface area contributed by atoms with Crippen LogP contribution in [0.1, 0.15) is 32.6 Å². The predicted octanol–water partition coefficient (Wildman–Crippen LogP) is 1.55. The molecule has 2 aliphatic heterocycles. The van der Waals surface area contributed by atoms with Crippen molar-refractivity contribution in [2.45, 2.75) is 44.7 Å². The van der Waals surface area contributed by atoms with Crippen molar-refractivity contribution in [2.24, 2.45) is 11.8 Å². The first-order chi connectivity index (χ1) is 15.4. The van der Waals surface area contributed by atoms with Crippen LogP contribution in [0.4, 0.5) is 5.69 Å².